The lowest BCUT2D eigenvalue weighted by molar-refractivity contribution is -0.132. The highest BCUT2D eigenvalue weighted by molar-refractivity contribution is 7.17. The van der Waals surface area contributed by atoms with Gasteiger partial charge in [-0.25, -0.2) is 9.78 Å². The van der Waals surface area contributed by atoms with Crippen LogP contribution in [0.15, 0.2) is 121 Å². The van der Waals surface area contributed by atoms with Crippen LogP contribution in [0.2, 0.25) is 0 Å². The van der Waals surface area contributed by atoms with Gasteiger partial charge in [0, 0.05) is 5.56 Å². The maximum absolute atomic E-state index is 13.8. The first kappa shape index (κ1) is 33.9. The van der Waals surface area contributed by atoms with Crippen LogP contribution < -0.4 is 14.4 Å². The Morgan fingerprint density at radius 1 is 0.880 bits per heavy atom. The summed E-state index contributed by atoms with van der Waals surface area (Å²) in [5, 5.41) is 11.8. The number of carbonyl (C=O) groups is 3. The van der Waals surface area contributed by atoms with Gasteiger partial charge in [0.15, 0.2) is 5.13 Å². The summed E-state index contributed by atoms with van der Waals surface area (Å²) in [7, 11) is 0. The smallest absolute Gasteiger partial charge is 0.350 e. The molecule has 1 aliphatic heterocycles. The average molecular weight is 687 g/mol. The Balaban J connectivity index is 1.34. The van der Waals surface area contributed by atoms with E-state index in [-0.39, 0.29) is 27.9 Å². The van der Waals surface area contributed by atoms with Gasteiger partial charge in [-0.1, -0.05) is 90.7 Å². The zero-order valence-corrected chi connectivity index (χ0v) is 28.3. The van der Waals surface area contributed by atoms with Crippen molar-refractivity contribution in [2.24, 2.45) is 0 Å². The molecule has 1 aromatic heterocycles. The molecule has 0 spiro atoms. The van der Waals surface area contributed by atoms with Crippen LogP contribution in [0, 0.1) is 13.8 Å². The third-order valence-electron chi connectivity index (χ3n) is 8.18. The summed E-state index contributed by atoms with van der Waals surface area (Å²) >= 11 is 0.932. The Morgan fingerprint density at radius 3 is 2.20 bits per heavy atom. The van der Waals surface area contributed by atoms with E-state index >= 15 is 0 Å². The van der Waals surface area contributed by atoms with Crippen LogP contribution in [0.25, 0.3) is 5.76 Å². The van der Waals surface area contributed by atoms with E-state index in [4.69, 9.17) is 14.2 Å². The summed E-state index contributed by atoms with van der Waals surface area (Å²) in [6, 6.07) is 30.2. The molecule has 10 heteroatoms. The molecule has 6 rings (SSSR count). The number of thiazole rings is 1. The standard InChI is InChI=1S/C40H34N2O7S/c1-4-22-47-39(46)37-26(3)41-40(50-37)42-34(28-14-18-31(19-15-28)48-23-27-11-6-5-7-12-27)33(36(44)38(42)45)35(43)29-16-20-32(21-17-29)49-24-30-13-9-8-10-25(30)2/h4-21,34,43H,1,22-24H2,2-3H3. The molecule has 0 aliphatic carbocycles. The molecule has 9 nitrogen and oxygen atoms in total. The van der Waals surface area contributed by atoms with Crippen molar-refractivity contribution in [3.8, 4) is 11.5 Å². The fourth-order valence-corrected chi connectivity index (χ4v) is 6.49. The van der Waals surface area contributed by atoms with Gasteiger partial charge < -0.3 is 19.3 Å². The number of Topliss-reactive ketones (excluding diaryl/α,β-unsaturated/α-hetero) is 1. The number of carbonyl (C=O) groups excluding carboxylic acids is 3. The molecule has 1 amide bonds. The van der Waals surface area contributed by atoms with Crippen LogP contribution in [-0.4, -0.2) is 34.4 Å². The number of rotatable bonds is 12. The van der Waals surface area contributed by atoms with Crippen LogP contribution in [0.1, 0.15) is 49.2 Å². The zero-order chi connectivity index (χ0) is 35.2. The molecule has 4 aromatic carbocycles. The Bertz CT molecular complexity index is 2070. The van der Waals surface area contributed by atoms with Gasteiger partial charge in [-0.05, 0) is 72.5 Å². The van der Waals surface area contributed by atoms with Crippen LogP contribution in [-0.2, 0) is 27.5 Å². The molecule has 0 radical (unpaired) electrons. The van der Waals surface area contributed by atoms with E-state index in [0.717, 1.165) is 28.0 Å². The fraction of sp³-hybridized carbons (Fsp3) is 0.150. The lowest BCUT2D eigenvalue weighted by Crippen LogP contribution is -2.29. The molecular weight excluding hydrogens is 653 g/mol. The number of amides is 1. The molecule has 0 saturated carbocycles. The largest absolute Gasteiger partial charge is 0.507 e. The number of aliphatic hydroxyl groups excluding tert-OH is 1. The second kappa shape index (κ2) is 15.0. The first-order valence-electron chi connectivity index (χ1n) is 15.9. The average Bonchev–Trinajstić information content (AvgIpc) is 3.65. The molecule has 252 valence electrons. The number of esters is 1. The van der Waals surface area contributed by atoms with Gasteiger partial charge in [0.2, 0.25) is 0 Å². The molecule has 0 bridgehead atoms. The van der Waals surface area contributed by atoms with E-state index < -0.39 is 23.7 Å². The van der Waals surface area contributed by atoms with Crippen molar-refractivity contribution >= 4 is 39.9 Å². The number of anilines is 1. The first-order chi connectivity index (χ1) is 24.2. The summed E-state index contributed by atoms with van der Waals surface area (Å²) in [6.07, 6.45) is 1.45. The maximum atomic E-state index is 13.8. The summed E-state index contributed by atoms with van der Waals surface area (Å²) in [5.74, 6) is -1.61. The van der Waals surface area contributed by atoms with Crippen LogP contribution in [0.5, 0.6) is 11.5 Å². The Labute approximate surface area is 293 Å². The molecule has 1 aliphatic rings. The predicted octanol–water partition coefficient (Wildman–Crippen LogP) is 7.89. The number of hydrogen-bond acceptors (Lipinski definition) is 9. The molecular formula is C40H34N2O7S. The van der Waals surface area contributed by atoms with Crippen molar-refractivity contribution in [3.05, 3.63) is 160 Å². The van der Waals surface area contributed by atoms with E-state index in [0.29, 0.717) is 41.5 Å². The summed E-state index contributed by atoms with van der Waals surface area (Å²) in [5.41, 5.74) is 4.22. The fourth-order valence-electron chi connectivity index (χ4n) is 5.50. The Morgan fingerprint density at radius 2 is 1.52 bits per heavy atom. The lowest BCUT2D eigenvalue weighted by Gasteiger charge is -2.23. The highest BCUT2D eigenvalue weighted by Crippen LogP contribution is 2.44. The van der Waals surface area contributed by atoms with Crippen molar-refractivity contribution in [2.75, 3.05) is 11.5 Å². The van der Waals surface area contributed by atoms with Crippen LogP contribution in [0.3, 0.4) is 0 Å². The molecule has 2 heterocycles. The van der Waals surface area contributed by atoms with Gasteiger partial charge >= 0.3 is 11.9 Å². The minimum absolute atomic E-state index is 0.00440. The SMILES string of the molecule is C=CCOC(=O)c1sc(N2C(=O)C(=O)C(=C(O)c3ccc(OCc4ccccc4C)cc3)C2c2ccc(OCc3ccccc3)cc2)nc1C. The van der Waals surface area contributed by atoms with E-state index in [1.54, 1.807) is 55.5 Å². The van der Waals surface area contributed by atoms with Crippen molar-refractivity contribution in [2.45, 2.75) is 33.1 Å². The topological polar surface area (TPSA) is 115 Å². The van der Waals surface area contributed by atoms with Crippen molar-refractivity contribution in [3.63, 3.8) is 0 Å². The number of ether oxygens (including phenoxy) is 3. The second-order valence-corrected chi connectivity index (χ2v) is 12.5. The predicted molar refractivity (Wildman–Crippen MR) is 191 cm³/mol. The minimum atomic E-state index is -1.06. The number of aryl methyl sites for hydroxylation is 2. The molecule has 1 unspecified atom stereocenters. The highest BCUT2D eigenvalue weighted by Gasteiger charge is 2.48. The van der Waals surface area contributed by atoms with Gasteiger partial charge in [0.25, 0.3) is 5.78 Å². The van der Waals surface area contributed by atoms with E-state index in [2.05, 4.69) is 11.6 Å². The maximum Gasteiger partial charge on any atom is 0.350 e. The normalized spacial score (nSPS) is 15.2. The quantitative estimate of drug-likeness (QED) is 0.0464. The molecule has 1 atom stereocenters. The minimum Gasteiger partial charge on any atom is -0.507 e. The van der Waals surface area contributed by atoms with Gasteiger partial charge in [-0.15, -0.1) is 0 Å². The molecule has 1 N–H and O–H groups in total. The van der Waals surface area contributed by atoms with E-state index in [1.807, 2.05) is 61.5 Å². The number of benzene rings is 4. The number of nitrogens with zero attached hydrogens (tertiary/aromatic N) is 2. The zero-order valence-electron chi connectivity index (χ0n) is 27.5. The van der Waals surface area contributed by atoms with Crippen LogP contribution >= 0.6 is 11.3 Å². The van der Waals surface area contributed by atoms with Crippen molar-refractivity contribution < 1.29 is 33.7 Å². The van der Waals surface area contributed by atoms with Crippen LogP contribution in [0.4, 0.5) is 5.13 Å². The van der Waals surface area contributed by atoms with Gasteiger partial charge in [0.05, 0.1) is 17.3 Å². The molecule has 1 saturated heterocycles. The Hall–Kier alpha value is -6.00. The van der Waals surface area contributed by atoms with E-state index in [1.165, 1.54) is 11.0 Å². The summed E-state index contributed by atoms with van der Waals surface area (Å²) in [6.45, 7) is 7.93. The van der Waals surface area contributed by atoms with Gasteiger partial charge in [-0.2, -0.15) is 0 Å². The molecule has 1 fully saturated rings. The third-order valence-corrected chi connectivity index (χ3v) is 9.32. The van der Waals surface area contributed by atoms with E-state index in [9.17, 15) is 19.5 Å². The molecule has 5 aromatic rings. The monoisotopic (exact) mass is 686 g/mol. The number of ketones is 1. The summed E-state index contributed by atoms with van der Waals surface area (Å²) < 4.78 is 17.1. The van der Waals surface area contributed by atoms with Crippen molar-refractivity contribution in [1.82, 2.24) is 4.98 Å². The number of hydrogen-bond donors (Lipinski definition) is 1. The van der Waals surface area contributed by atoms with Gasteiger partial charge in [0.1, 0.15) is 42.0 Å². The summed E-state index contributed by atoms with van der Waals surface area (Å²) in [4.78, 5) is 46.1. The lowest BCUT2D eigenvalue weighted by atomic mass is 9.95. The molecule has 50 heavy (non-hydrogen) atoms. The highest BCUT2D eigenvalue weighted by atomic mass is 32.1. The second-order valence-electron chi connectivity index (χ2n) is 11.6. The van der Waals surface area contributed by atoms with Gasteiger partial charge in [-0.3, -0.25) is 14.5 Å². The number of aliphatic hydroxyl groups is 1. The third kappa shape index (κ3) is 7.20. The Kier molecular flexibility index (Phi) is 10.2. The first-order valence-corrected chi connectivity index (χ1v) is 16.7. The number of aromatic nitrogens is 1. The van der Waals surface area contributed by atoms with Crippen molar-refractivity contribution in [1.29, 1.82) is 0 Å².